The average Bonchev–Trinajstić information content (AvgIpc) is 2.36. The molecule has 0 N–H and O–H groups in total. The quantitative estimate of drug-likeness (QED) is 0.510. The van der Waals surface area contributed by atoms with Crippen molar-refractivity contribution >= 4 is 6.20 Å². The lowest BCUT2D eigenvalue weighted by molar-refractivity contribution is 0.910. The van der Waals surface area contributed by atoms with E-state index in [-0.39, 0.29) is 5.56 Å². The summed E-state index contributed by atoms with van der Waals surface area (Å²) in [7, 11) is 0. The van der Waals surface area contributed by atoms with Gasteiger partial charge in [0.05, 0.1) is 0 Å². The van der Waals surface area contributed by atoms with Crippen LogP contribution in [-0.2, 0) is 6.42 Å². The number of rotatable bonds is 0. The lowest BCUT2D eigenvalue weighted by Crippen LogP contribution is -2.15. The second kappa shape index (κ2) is 1.80. The Morgan fingerprint density at radius 1 is 1.60 bits per heavy atom. The summed E-state index contributed by atoms with van der Waals surface area (Å²) >= 11 is 0. The Balaban J connectivity index is 2.79. The van der Waals surface area contributed by atoms with Crippen molar-refractivity contribution < 1.29 is 0 Å². The van der Waals surface area contributed by atoms with Gasteiger partial charge in [-0.25, -0.2) is 4.98 Å². The van der Waals surface area contributed by atoms with Crippen molar-refractivity contribution in [3.63, 3.8) is 0 Å². The van der Waals surface area contributed by atoms with Crippen LogP contribution in [0.4, 0.5) is 0 Å². The van der Waals surface area contributed by atoms with Crippen LogP contribution in [0.25, 0.3) is 6.20 Å². The van der Waals surface area contributed by atoms with E-state index in [0.29, 0.717) is 0 Å². The predicted octanol–water partition coefficient (Wildman–Crippen LogP) is 0.270. The highest BCUT2D eigenvalue weighted by Gasteiger charge is 2.04. The molecule has 0 fully saturated rings. The van der Waals surface area contributed by atoms with Gasteiger partial charge in [-0.15, -0.1) is 0 Å². The number of fused-ring (bicyclic) bond motifs is 1. The zero-order valence-electron chi connectivity index (χ0n) is 5.32. The first kappa shape index (κ1) is 5.41. The Bertz CT molecular complexity index is 338. The van der Waals surface area contributed by atoms with Crippen molar-refractivity contribution in [1.29, 1.82) is 0 Å². The average molecular weight is 134 g/mol. The zero-order valence-corrected chi connectivity index (χ0v) is 5.32. The maximum absolute atomic E-state index is 11.0. The van der Waals surface area contributed by atoms with E-state index in [1.807, 2.05) is 6.08 Å². The molecule has 2 rings (SSSR count). The minimum atomic E-state index is -0.00116. The molecule has 0 aromatic carbocycles. The third kappa shape index (κ3) is 0.603. The molecule has 0 aliphatic carbocycles. The molecule has 1 aromatic heterocycles. The fraction of sp³-hybridized carbons (Fsp3) is 0.143. The largest absolute Gasteiger partial charge is 0.272 e. The van der Waals surface area contributed by atoms with E-state index in [9.17, 15) is 4.79 Å². The molecule has 0 unspecified atom stereocenters. The summed E-state index contributed by atoms with van der Waals surface area (Å²) in [5.74, 6) is 0.826. The van der Waals surface area contributed by atoms with Crippen molar-refractivity contribution in [3.05, 3.63) is 34.5 Å². The number of hydrogen-bond acceptors (Lipinski definition) is 2. The second-order valence-electron chi connectivity index (χ2n) is 2.16. The Labute approximate surface area is 57.6 Å². The van der Waals surface area contributed by atoms with Gasteiger partial charge in [0.2, 0.25) is 0 Å². The van der Waals surface area contributed by atoms with E-state index < -0.39 is 0 Å². The van der Waals surface area contributed by atoms with Crippen molar-refractivity contribution in [3.8, 4) is 0 Å². The minimum Gasteiger partial charge on any atom is -0.272 e. The maximum Gasteiger partial charge on any atom is 0.257 e. The van der Waals surface area contributed by atoms with Crippen molar-refractivity contribution in [2.75, 3.05) is 0 Å². The summed E-state index contributed by atoms with van der Waals surface area (Å²) in [6, 6.07) is 1.46. The van der Waals surface area contributed by atoms with Crippen LogP contribution < -0.4 is 5.56 Å². The summed E-state index contributed by atoms with van der Waals surface area (Å²) in [6.45, 7) is 0. The molecule has 1 aliphatic heterocycles. The van der Waals surface area contributed by atoms with Crippen LogP contribution >= 0.6 is 0 Å². The SMILES string of the molecule is O=c1ccnc2n1C=CC2. The van der Waals surface area contributed by atoms with Gasteiger partial charge in [0.25, 0.3) is 5.56 Å². The Morgan fingerprint density at radius 3 is 3.30 bits per heavy atom. The maximum atomic E-state index is 11.0. The molecule has 1 aliphatic rings. The molecule has 0 saturated carbocycles. The molecule has 3 heteroatoms. The summed E-state index contributed by atoms with van der Waals surface area (Å²) in [4.78, 5) is 15.0. The van der Waals surface area contributed by atoms with E-state index in [2.05, 4.69) is 4.98 Å². The first-order chi connectivity index (χ1) is 4.88. The van der Waals surface area contributed by atoms with Gasteiger partial charge in [-0.1, -0.05) is 6.08 Å². The highest BCUT2D eigenvalue weighted by Crippen LogP contribution is 2.02. The third-order valence-electron chi connectivity index (χ3n) is 1.51. The third-order valence-corrected chi connectivity index (χ3v) is 1.51. The van der Waals surface area contributed by atoms with E-state index >= 15 is 0 Å². The number of allylic oxidation sites excluding steroid dienone is 1. The summed E-state index contributed by atoms with van der Waals surface area (Å²) in [5.41, 5.74) is -0.00116. The van der Waals surface area contributed by atoms with E-state index in [1.165, 1.54) is 6.07 Å². The van der Waals surface area contributed by atoms with Crippen LogP contribution in [0.2, 0.25) is 0 Å². The fourth-order valence-electron chi connectivity index (χ4n) is 1.03. The van der Waals surface area contributed by atoms with Crippen molar-refractivity contribution in [1.82, 2.24) is 9.55 Å². The monoisotopic (exact) mass is 134 g/mol. The lowest BCUT2D eigenvalue weighted by atomic mass is 10.4. The molecule has 0 atom stereocenters. The Kier molecular flexibility index (Phi) is 0.974. The molecule has 0 bridgehead atoms. The summed E-state index contributed by atoms with van der Waals surface area (Å²) in [5, 5.41) is 0. The van der Waals surface area contributed by atoms with E-state index in [1.54, 1.807) is 17.0 Å². The standard InChI is InChI=1S/C7H6N2O/c10-7-3-4-8-6-2-1-5-9(6)7/h1,3-5H,2H2. The van der Waals surface area contributed by atoms with Crippen LogP contribution in [0.15, 0.2) is 23.1 Å². The zero-order chi connectivity index (χ0) is 6.97. The van der Waals surface area contributed by atoms with Crippen LogP contribution in [0.3, 0.4) is 0 Å². The smallest absolute Gasteiger partial charge is 0.257 e. The van der Waals surface area contributed by atoms with Gasteiger partial charge in [0.1, 0.15) is 5.82 Å². The molecule has 0 spiro atoms. The number of aromatic nitrogens is 2. The lowest BCUT2D eigenvalue weighted by Gasteiger charge is -1.95. The normalized spacial score (nSPS) is 13.6. The number of hydrogen-bond donors (Lipinski definition) is 0. The highest BCUT2D eigenvalue weighted by molar-refractivity contribution is 5.31. The Morgan fingerprint density at radius 2 is 2.50 bits per heavy atom. The van der Waals surface area contributed by atoms with Gasteiger partial charge in [0, 0.05) is 24.9 Å². The molecule has 2 heterocycles. The molecule has 0 saturated heterocycles. The molecule has 1 aromatic rings. The second-order valence-corrected chi connectivity index (χ2v) is 2.16. The molecular weight excluding hydrogens is 128 g/mol. The van der Waals surface area contributed by atoms with Gasteiger partial charge in [-0.3, -0.25) is 9.36 Å². The van der Waals surface area contributed by atoms with Gasteiger partial charge in [-0.05, 0) is 0 Å². The van der Waals surface area contributed by atoms with E-state index in [0.717, 1.165) is 12.2 Å². The molecular formula is C7H6N2O. The predicted molar refractivity (Wildman–Crippen MR) is 37.5 cm³/mol. The van der Waals surface area contributed by atoms with Crippen LogP contribution in [-0.4, -0.2) is 9.55 Å². The van der Waals surface area contributed by atoms with Gasteiger partial charge in [-0.2, -0.15) is 0 Å². The molecule has 0 radical (unpaired) electrons. The molecule has 3 nitrogen and oxygen atoms in total. The fourth-order valence-corrected chi connectivity index (χ4v) is 1.03. The Hall–Kier alpha value is -1.38. The first-order valence-electron chi connectivity index (χ1n) is 3.11. The van der Waals surface area contributed by atoms with Crippen LogP contribution in [0, 0.1) is 0 Å². The molecule has 0 amide bonds. The summed E-state index contributed by atoms with van der Waals surface area (Å²) < 4.78 is 1.56. The number of nitrogens with zero attached hydrogens (tertiary/aromatic N) is 2. The molecule has 10 heavy (non-hydrogen) atoms. The van der Waals surface area contributed by atoms with Gasteiger partial charge >= 0.3 is 0 Å². The van der Waals surface area contributed by atoms with Crippen molar-refractivity contribution in [2.24, 2.45) is 0 Å². The highest BCUT2D eigenvalue weighted by atomic mass is 16.1. The van der Waals surface area contributed by atoms with Gasteiger partial charge < -0.3 is 0 Å². The summed E-state index contributed by atoms with van der Waals surface area (Å²) in [6.07, 6.45) is 5.99. The van der Waals surface area contributed by atoms with Gasteiger partial charge in [0.15, 0.2) is 0 Å². The van der Waals surface area contributed by atoms with E-state index in [4.69, 9.17) is 0 Å². The first-order valence-corrected chi connectivity index (χ1v) is 3.11. The topological polar surface area (TPSA) is 34.9 Å². The van der Waals surface area contributed by atoms with Crippen LogP contribution in [0.5, 0.6) is 0 Å². The molecule has 50 valence electrons. The minimum absolute atomic E-state index is 0.00116. The van der Waals surface area contributed by atoms with Crippen molar-refractivity contribution in [2.45, 2.75) is 6.42 Å². The van der Waals surface area contributed by atoms with Crippen LogP contribution in [0.1, 0.15) is 5.82 Å².